The van der Waals surface area contributed by atoms with E-state index in [0.29, 0.717) is 0 Å². The van der Waals surface area contributed by atoms with Gasteiger partial charge in [0.15, 0.2) is 0 Å². The monoisotopic (exact) mass is 258 g/mol. The molecule has 0 unspecified atom stereocenters. The first-order valence-corrected chi connectivity index (χ1v) is 5.21. The molecule has 0 aliphatic rings. The van der Waals surface area contributed by atoms with Crippen molar-refractivity contribution in [3.8, 4) is 0 Å². The van der Waals surface area contributed by atoms with Gasteiger partial charge in [-0.1, -0.05) is 19.1 Å². The third-order valence-corrected chi connectivity index (χ3v) is 2.64. The average molecular weight is 258 g/mol. The summed E-state index contributed by atoms with van der Waals surface area (Å²) in [6, 6.07) is 5.40. The maximum atomic E-state index is 12.8. The Labute approximate surface area is 99.5 Å². The molecule has 7 heteroatoms. The van der Waals surface area contributed by atoms with Crippen LogP contribution in [0.15, 0.2) is 24.3 Å². The number of hydrogen-bond donors (Lipinski definition) is 0. The number of rotatable bonds is 1. The van der Waals surface area contributed by atoms with Crippen LogP contribution < -0.4 is 4.43 Å². The molecule has 18 heavy (non-hydrogen) atoms. The second-order valence-corrected chi connectivity index (χ2v) is 3.72. The number of hydrogen-bond acceptors (Lipinski definition) is 2. The first kappa shape index (κ1) is 12.4. The van der Waals surface area contributed by atoms with Crippen LogP contribution in [0.3, 0.4) is 0 Å². The number of alkyl halides is 3. The van der Waals surface area contributed by atoms with Gasteiger partial charge in [-0.2, -0.15) is 13.2 Å². The zero-order valence-corrected chi connectivity index (χ0v) is 9.36. The average Bonchev–Trinajstić information content (AvgIpc) is 2.32. The Kier molecular flexibility index (Phi) is 2.76. The lowest BCUT2D eigenvalue weighted by atomic mass is 10.2. The molecule has 2 rings (SSSR count). The van der Waals surface area contributed by atoms with Gasteiger partial charge in [-0.25, -0.2) is 0 Å². The minimum atomic E-state index is -4.86. The molecule has 96 valence electrons. The van der Waals surface area contributed by atoms with Crippen LogP contribution in [0.5, 0.6) is 0 Å². The lowest BCUT2D eigenvalue weighted by Crippen LogP contribution is -2.33. The van der Waals surface area contributed by atoms with Crippen LogP contribution in [-0.2, 0) is 12.6 Å². The Bertz CT molecular complexity index is 662. The fraction of sp³-hybridized carbons (Fsp3) is 0.273. The Morgan fingerprint density at radius 3 is 2.50 bits per heavy atom. The van der Waals surface area contributed by atoms with Crippen LogP contribution in [0.4, 0.5) is 13.2 Å². The van der Waals surface area contributed by atoms with Crippen LogP contribution in [0.1, 0.15) is 18.3 Å². The summed E-state index contributed by atoms with van der Waals surface area (Å²) in [6.07, 6.45) is -5.03. The highest BCUT2D eigenvalue weighted by molar-refractivity contribution is 5.72. The van der Waals surface area contributed by atoms with Crippen molar-refractivity contribution in [3.05, 3.63) is 45.8 Å². The molecule has 0 amide bonds. The Hall–Kier alpha value is -2.05. The summed E-state index contributed by atoms with van der Waals surface area (Å²) in [7, 11) is 0. The van der Waals surface area contributed by atoms with E-state index < -0.39 is 17.6 Å². The van der Waals surface area contributed by atoms with Crippen molar-refractivity contribution in [2.75, 3.05) is 0 Å². The molecule has 2 aromatic rings. The van der Waals surface area contributed by atoms with Gasteiger partial charge < -0.3 is 9.94 Å². The van der Waals surface area contributed by atoms with E-state index >= 15 is 0 Å². The summed E-state index contributed by atoms with van der Waals surface area (Å²) >= 11 is 0. The quantitative estimate of drug-likeness (QED) is 0.738. The predicted molar refractivity (Wildman–Crippen MR) is 58.5 cm³/mol. The Morgan fingerprint density at radius 1 is 1.33 bits per heavy atom. The maximum absolute atomic E-state index is 12.8. The van der Waals surface area contributed by atoms with E-state index in [1.54, 1.807) is 0 Å². The van der Waals surface area contributed by atoms with Crippen LogP contribution in [0, 0.1) is 10.1 Å². The molecule has 0 atom stereocenters. The van der Waals surface area contributed by atoms with E-state index in [-0.39, 0.29) is 26.6 Å². The molecule has 0 aliphatic heterocycles. The molecular formula is C11H9F3N2O2. The lowest BCUT2D eigenvalue weighted by molar-refractivity contribution is -0.501. The van der Waals surface area contributed by atoms with Gasteiger partial charge >= 0.3 is 11.9 Å². The summed E-state index contributed by atoms with van der Waals surface area (Å²) in [6.45, 7) is 1.40. The van der Waals surface area contributed by atoms with Crippen molar-refractivity contribution in [2.24, 2.45) is 0 Å². The van der Waals surface area contributed by atoms with Gasteiger partial charge in [0, 0.05) is 11.0 Å². The topological polar surface area (TPSA) is 51.0 Å². The minimum Gasteiger partial charge on any atom is -0.805 e. The number of para-hydroxylation sites is 2. The normalized spacial score (nSPS) is 12.0. The third-order valence-electron chi connectivity index (χ3n) is 2.64. The summed E-state index contributed by atoms with van der Waals surface area (Å²) in [5, 5.41) is 11.8. The second-order valence-electron chi connectivity index (χ2n) is 3.72. The maximum Gasteiger partial charge on any atom is 0.484 e. The molecule has 1 aromatic heterocycles. The molecule has 0 fully saturated rings. The van der Waals surface area contributed by atoms with Crippen LogP contribution in [-0.4, -0.2) is 4.73 Å². The number of benzene rings is 1. The van der Waals surface area contributed by atoms with Gasteiger partial charge in [0.25, 0.3) is 5.52 Å². The fourth-order valence-corrected chi connectivity index (χ4v) is 1.88. The zero-order valence-electron chi connectivity index (χ0n) is 9.36. The second kappa shape index (κ2) is 4.01. The zero-order chi connectivity index (χ0) is 13.5. The number of halogens is 3. The van der Waals surface area contributed by atoms with Crippen molar-refractivity contribution in [3.63, 3.8) is 0 Å². The molecular weight excluding hydrogens is 249 g/mol. The summed E-state index contributed by atoms with van der Waals surface area (Å²) < 4.78 is 38.4. The molecule has 0 saturated carbocycles. The Morgan fingerprint density at radius 2 is 1.94 bits per heavy atom. The van der Waals surface area contributed by atoms with E-state index in [9.17, 15) is 23.3 Å². The molecule has 0 aliphatic carbocycles. The van der Waals surface area contributed by atoms with Crippen molar-refractivity contribution in [1.29, 1.82) is 0 Å². The standard InChI is InChI=1S/C11H9F3N2O2/c1-2-7-10(11(12,13)14)16(18)9-6-4-3-5-8(9)15(7)17/h3-6H,2H2,1H3. The van der Waals surface area contributed by atoms with Crippen LogP contribution >= 0.6 is 0 Å². The summed E-state index contributed by atoms with van der Waals surface area (Å²) in [4.78, 5) is 11.8. The van der Waals surface area contributed by atoms with E-state index in [1.807, 2.05) is 0 Å². The summed E-state index contributed by atoms with van der Waals surface area (Å²) in [5.74, 6) is 0. The van der Waals surface area contributed by atoms with Gasteiger partial charge in [-0.3, -0.25) is 0 Å². The first-order valence-electron chi connectivity index (χ1n) is 5.21. The lowest BCUT2D eigenvalue weighted by Gasteiger charge is -2.18. The van der Waals surface area contributed by atoms with E-state index in [1.165, 1.54) is 31.2 Å². The smallest absolute Gasteiger partial charge is 0.484 e. The van der Waals surface area contributed by atoms with Crippen molar-refractivity contribution in [1.82, 2.24) is 4.73 Å². The number of aromatic nitrogens is 2. The highest BCUT2D eigenvalue weighted by atomic mass is 19.4. The molecule has 1 heterocycles. The SMILES string of the molecule is CCc1c(C(F)(F)F)[n+](=O)c2ccccc2n1[O-]. The molecule has 0 bridgehead atoms. The van der Waals surface area contributed by atoms with Crippen molar-refractivity contribution in [2.45, 2.75) is 19.5 Å². The van der Waals surface area contributed by atoms with Crippen LogP contribution in [0.2, 0.25) is 0 Å². The van der Waals surface area contributed by atoms with Crippen LogP contribution in [0.25, 0.3) is 11.0 Å². The fourth-order valence-electron chi connectivity index (χ4n) is 1.88. The largest absolute Gasteiger partial charge is 0.805 e. The highest BCUT2D eigenvalue weighted by Crippen LogP contribution is 2.30. The molecule has 1 aromatic carbocycles. The summed E-state index contributed by atoms with van der Waals surface area (Å²) in [5.41, 5.74) is -2.38. The molecule has 0 N–H and O–H groups in total. The predicted octanol–water partition coefficient (Wildman–Crippen LogP) is 2.48. The Balaban J connectivity index is 3.03. The minimum absolute atomic E-state index is 0.0719. The van der Waals surface area contributed by atoms with Crippen molar-refractivity contribution >= 4 is 11.0 Å². The van der Waals surface area contributed by atoms with Gasteiger partial charge in [0.1, 0.15) is 5.52 Å². The number of nitrogens with zero attached hydrogens (tertiary/aromatic N) is 2. The molecule has 0 saturated heterocycles. The van der Waals surface area contributed by atoms with Gasteiger partial charge in [0.2, 0.25) is 0 Å². The van der Waals surface area contributed by atoms with Gasteiger partial charge in [0.05, 0.1) is 10.1 Å². The van der Waals surface area contributed by atoms with Gasteiger partial charge in [-0.05, 0) is 12.5 Å². The van der Waals surface area contributed by atoms with Crippen molar-refractivity contribution < 1.29 is 17.6 Å². The number of fused-ring (bicyclic) bond motifs is 1. The van der Waals surface area contributed by atoms with E-state index in [0.717, 1.165) is 0 Å². The first-order chi connectivity index (χ1) is 8.38. The van der Waals surface area contributed by atoms with E-state index in [4.69, 9.17) is 0 Å². The molecule has 0 spiro atoms. The highest BCUT2D eigenvalue weighted by Gasteiger charge is 2.46. The molecule has 0 radical (unpaired) electrons. The third kappa shape index (κ3) is 1.71. The molecule has 4 nitrogen and oxygen atoms in total. The van der Waals surface area contributed by atoms with E-state index in [2.05, 4.69) is 0 Å². The van der Waals surface area contributed by atoms with Gasteiger partial charge in [-0.15, -0.1) is 0 Å².